The van der Waals surface area contributed by atoms with Crippen molar-refractivity contribution in [3.63, 3.8) is 0 Å². The molecule has 2 atom stereocenters. The number of rotatable bonds is 2. The molecule has 1 saturated heterocycles. The quantitative estimate of drug-likeness (QED) is 0.656. The van der Waals surface area contributed by atoms with Crippen LogP contribution < -0.4 is 11.1 Å². The highest BCUT2D eigenvalue weighted by molar-refractivity contribution is 8.07. The number of ether oxygens (including phenoxy) is 1. The fourth-order valence-electron chi connectivity index (χ4n) is 0.819. The summed E-state index contributed by atoms with van der Waals surface area (Å²) < 4.78 is 5.05. The number of carbonyl (C=O) groups is 1. The van der Waals surface area contributed by atoms with Crippen molar-refractivity contribution in [1.29, 1.82) is 0 Å². The molecule has 0 aliphatic carbocycles. The molecule has 1 fully saturated rings. The summed E-state index contributed by atoms with van der Waals surface area (Å²) in [6, 6.07) is 0. The molecule has 5 heteroatoms. The maximum atomic E-state index is 11.1. The van der Waals surface area contributed by atoms with Crippen LogP contribution in [0, 0.1) is 0 Å². The van der Waals surface area contributed by atoms with Crippen molar-refractivity contribution in [2.75, 3.05) is 6.54 Å². The predicted molar refractivity (Wildman–Crippen MR) is 53.6 cm³/mol. The lowest BCUT2D eigenvalue weighted by atomic mass is 10.2. The standard InChI is InChI=1S/C8H16N2O2S/c1-8(2,3)12-7(11)10-4-5-6(9)13-5/h5-6H,4,9H2,1-3H3,(H,10,11). The highest BCUT2D eigenvalue weighted by Gasteiger charge is 2.35. The van der Waals surface area contributed by atoms with E-state index in [0.29, 0.717) is 11.8 Å². The predicted octanol–water partition coefficient (Wildman–Crippen LogP) is 0.911. The Kier molecular flexibility index (Phi) is 3.08. The smallest absolute Gasteiger partial charge is 0.407 e. The number of nitrogens with two attached hydrogens (primary N) is 1. The number of carbonyl (C=O) groups excluding carboxylic acids is 1. The minimum absolute atomic E-state index is 0.190. The van der Waals surface area contributed by atoms with E-state index in [0.717, 1.165) is 0 Å². The Labute approximate surface area is 82.6 Å². The van der Waals surface area contributed by atoms with Crippen LogP contribution in [0.25, 0.3) is 0 Å². The molecule has 13 heavy (non-hydrogen) atoms. The molecule has 0 bridgehead atoms. The van der Waals surface area contributed by atoms with Crippen LogP contribution in [0.2, 0.25) is 0 Å². The first-order valence-electron chi connectivity index (χ1n) is 4.26. The topological polar surface area (TPSA) is 64.3 Å². The molecule has 0 aromatic heterocycles. The molecule has 1 heterocycles. The average molecular weight is 204 g/mol. The normalized spacial score (nSPS) is 26.8. The second-order valence-electron chi connectivity index (χ2n) is 4.02. The molecular formula is C8H16N2O2S. The van der Waals surface area contributed by atoms with E-state index >= 15 is 0 Å². The monoisotopic (exact) mass is 204 g/mol. The second kappa shape index (κ2) is 3.75. The third-order valence-corrected chi connectivity index (χ3v) is 2.61. The van der Waals surface area contributed by atoms with Gasteiger partial charge in [0.1, 0.15) is 5.60 Å². The third kappa shape index (κ3) is 4.38. The fourth-order valence-corrected chi connectivity index (χ4v) is 1.41. The molecule has 1 aliphatic rings. The third-order valence-electron chi connectivity index (χ3n) is 1.47. The van der Waals surface area contributed by atoms with E-state index in [1.807, 2.05) is 20.8 Å². The summed E-state index contributed by atoms with van der Waals surface area (Å²) in [7, 11) is 0. The maximum absolute atomic E-state index is 11.1. The lowest BCUT2D eigenvalue weighted by molar-refractivity contribution is 0.0529. The molecule has 0 saturated carbocycles. The Morgan fingerprint density at radius 1 is 1.62 bits per heavy atom. The Morgan fingerprint density at radius 2 is 2.15 bits per heavy atom. The van der Waals surface area contributed by atoms with Crippen LogP contribution in [0.5, 0.6) is 0 Å². The first-order valence-corrected chi connectivity index (χ1v) is 5.21. The molecule has 1 rings (SSSR count). The van der Waals surface area contributed by atoms with Gasteiger partial charge in [0.15, 0.2) is 0 Å². The lowest BCUT2D eigenvalue weighted by Gasteiger charge is -2.19. The van der Waals surface area contributed by atoms with E-state index in [1.165, 1.54) is 0 Å². The number of hydrogen-bond donors (Lipinski definition) is 2. The molecular weight excluding hydrogens is 188 g/mol. The van der Waals surface area contributed by atoms with E-state index in [-0.39, 0.29) is 11.5 Å². The second-order valence-corrected chi connectivity index (χ2v) is 5.44. The molecule has 1 amide bonds. The maximum Gasteiger partial charge on any atom is 0.407 e. The SMILES string of the molecule is CC(C)(C)OC(=O)NCC1SC1N. The number of amides is 1. The van der Waals surface area contributed by atoms with E-state index in [9.17, 15) is 4.79 Å². The van der Waals surface area contributed by atoms with Gasteiger partial charge < -0.3 is 15.8 Å². The van der Waals surface area contributed by atoms with Gasteiger partial charge in [-0.3, -0.25) is 0 Å². The van der Waals surface area contributed by atoms with Gasteiger partial charge in [-0.15, -0.1) is 11.8 Å². The fraction of sp³-hybridized carbons (Fsp3) is 0.875. The summed E-state index contributed by atoms with van der Waals surface area (Å²) in [4.78, 5) is 11.1. The van der Waals surface area contributed by atoms with E-state index in [4.69, 9.17) is 10.5 Å². The molecule has 3 N–H and O–H groups in total. The zero-order valence-corrected chi connectivity index (χ0v) is 8.98. The van der Waals surface area contributed by atoms with Crippen LogP contribution in [-0.2, 0) is 4.74 Å². The first-order chi connectivity index (χ1) is 5.88. The summed E-state index contributed by atoms with van der Waals surface area (Å²) in [6.07, 6.45) is -0.368. The number of hydrogen-bond acceptors (Lipinski definition) is 4. The van der Waals surface area contributed by atoms with Gasteiger partial charge in [0.05, 0.1) is 5.37 Å². The van der Waals surface area contributed by atoms with Gasteiger partial charge >= 0.3 is 6.09 Å². The van der Waals surface area contributed by atoms with Gasteiger partial charge in [-0.2, -0.15) is 0 Å². The molecule has 0 radical (unpaired) electrons. The molecule has 4 nitrogen and oxygen atoms in total. The van der Waals surface area contributed by atoms with Gasteiger partial charge in [0.25, 0.3) is 0 Å². The summed E-state index contributed by atoms with van der Waals surface area (Å²) >= 11 is 1.66. The van der Waals surface area contributed by atoms with Crippen molar-refractivity contribution in [2.45, 2.75) is 37.0 Å². The Morgan fingerprint density at radius 3 is 2.54 bits per heavy atom. The number of nitrogens with one attached hydrogen (secondary N) is 1. The van der Waals surface area contributed by atoms with Crippen molar-refractivity contribution in [3.05, 3.63) is 0 Å². The highest BCUT2D eigenvalue weighted by atomic mass is 32.2. The molecule has 76 valence electrons. The number of alkyl carbamates (subject to hydrolysis) is 1. The van der Waals surface area contributed by atoms with E-state index in [2.05, 4.69) is 5.32 Å². The summed E-state index contributed by atoms with van der Waals surface area (Å²) in [5, 5.41) is 3.23. The zero-order valence-electron chi connectivity index (χ0n) is 8.16. The van der Waals surface area contributed by atoms with Crippen LogP contribution in [-0.4, -0.2) is 28.9 Å². The van der Waals surface area contributed by atoms with Crippen LogP contribution >= 0.6 is 11.8 Å². The lowest BCUT2D eigenvalue weighted by Crippen LogP contribution is -2.35. The van der Waals surface area contributed by atoms with Crippen molar-refractivity contribution >= 4 is 17.9 Å². The molecule has 0 aromatic carbocycles. The van der Waals surface area contributed by atoms with Crippen LogP contribution in [0.15, 0.2) is 0 Å². The Balaban J connectivity index is 2.11. The van der Waals surface area contributed by atoms with Gasteiger partial charge in [-0.1, -0.05) is 0 Å². The Bertz CT molecular complexity index is 203. The van der Waals surface area contributed by atoms with Crippen molar-refractivity contribution in [3.8, 4) is 0 Å². The average Bonchev–Trinajstić information content (AvgIpc) is 2.58. The van der Waals surface area contributed by atoms with Crippen molar-refractivity contribution in [2.24, 2.45) is 5.73 Å². The minimum atomic E-state index is -0.428. The van der Waals surface area contributed by atoms with Crippen molar-refractivity contribution < 1.29 is 9.53 Å². The highest BCUT2D eigenvalue weighted by Crippen LogP contribution is 2.35. The summed E-state index contributed by atoms with van der Waals surface area (Å²) in [5.41, 5.74) is 5.12. The van der Waals surface area contributed by atoms with Gasteiger partial charge in [0, 0.05) is 11.8 Å². The van der Waals surface area contributed by atoms with E-state index in [1.54, 1.807) is 11.8 Å². The van der Waals surface area contributed by atoms with Crippen LogP contribution in [0.4, 0.5) is 4.79 Å². The molecule has 2 unspecified atom stereocenters. The Hall–Kier alpha value is -0.420. The molecule has 0 aromatic rings. The molecule has 0 spiro atoms. The summed E-state index contributed by atoms with van der Waals surface area (Å²) in [6.45, 7) is 6.11. The van der Waals surface area contributed by atoms with Crippen LogP contribution in [0.1, 0.15) is 20.8 Å². The number of thioether (sulfide) groups is 1. The van der Waals surface area contributed by atoms with Gasteiger partial charge in [-0.05, 0) is 20.8 Å². The summed E-state index contributed by atoms with van der Waals surface area (Å²) in [5.74, 6) is 0. The van der Waals surface area contributed by atoms with Gasteiger partial charge in [-0.25, -0.2) is 4.79 Å². The first kappa shape index (κ1) is 10.7. The van der Waals surface area contributed by atoms with E-state index < -0.39 is 5.60 Å². The zero-order chi connectivity index (χ0) is 10.1. The van der Waals surface area contributed by atoms with Crippen LogP contribution in [0.3, 0.4) is 0 Å². The van der Waals surface area contributed by atoms with Gasteiger partial charge in [0.2, 0.25) is 0 Å². The minimum Gasteiger partial charge on any atom is -0.444 e. The van der Waals surface area contributed by atoms with Crippen molar-refractivity contribution in [1.82, 2.24) is 5.32 Å². The largest absolute Gasteiger partial charge is 0.444 e. The molecule has 1 aliphatic heterocycles.